The normalized spacial score (nSPS) is 10.3. The molecule has 0 aliphatic rings. The van der Waals surface area contributed by atoms with Crippen LogP contribution in [0.15, 0.2) is 30.5 Å². The molecule has 0 radical (unpaired) electrons. The number of aryl methyl sites for hydroxylation is 1. The van der Waals surface area contributed by atoms with Crippen LogP contribution in [0.1, 0.15) is 32.0 Å². The van der Waals surface area contributed by atoms with Crippen molar-refractivity contribution in [3.63, 3.8) is 0 Å². The molecule has 0 saturated heterocycles. The number of halogens is 1. The second-order valence-corrected chi connectivity index (χ2v) is 4.39. The van der Waals surface area contributed by atoms with Gasteiger partial charge in [-0.15, -0.1) is 0 Å². The summed E-state index contributed by atoms with van der Waals surface area (Å²) in [7, 11) is 0. The molecule has 1 aromatic carbocycles. The van der Waals surface area contributed by atoms with Crippen LogP contribution in [0, 0.1) is 6.92 Å². The number of aromatic nitrogens is 1. The van der Waals surface area contributed by atoms with Crippen LogP contribution in [0.5, 0.6) is 0 Å². The molecule has 0 atom stereocenters. The van der Waals surface area contributed by atoms with Gasteiger partial charge in [0, 0.05) is 22.3 Å². The summed E-state index contributed by atoms with van der Waals surface area (Å²) in [6.07, 6.45) is 1.38. The van der Waals surface area contributed by atoms with Gasteiger partial charge in [-0.1, -0.05) is 11.6 Å². The number of aromatic amines is 1. The highest BCUT2D eigenvalue weighted by Crippen LogP contribution is 2.18. The Morgan fingerprint density at radius 1 is 1.17 bits per heavy atom. The highest BCUT2D eigenvalue weighted by molar-refractivity contribution is 6.31. The Morgan fingerprint density at radius 3 is 2.44 bits per heavy atom. The fraction of sp³-hybridized carbons (Fsp3) is 0.0769. The third-order valence-electron chi connectivity index (χ3n) is 2.48. The van der Waals surface area contributed by atoms with E-state index in [2.05, 4.69) is 4.98 Å². The molecule has 18 heavy (non-hydrogen) atoms. The first-order valence-corrected chi connectivity index (χ1v) is 5.59. The minimum absolute atomic E-state index is 0.0166. The van der Waals surface area contributed by atoms with Gasteiger partial charge < -0.3 is 10.1 Å². The maximum Gasteiger partial charge on any atom is 0.352 e. The molecule has 0 fully saturated rings. The monoisotopic (exact) mass is 263 g/mol. The minimum Gasteiger partial charge on any atom is -0.477 e. The van der Waals surface area contributed by atoms with E-state index in [-0.39, 0.29) is 11.5 Å². The van der Waals surface area contributed by atoms with Crippen molar-refractivity contribution in [3.05, 3.63) is 57.9 Å². The van der Waals surface area contributed by atoms with Crippen LogP contribution in [0.2, 0.25) is 5.02 Å². The number of carbonyl (C=O) groups excluding carboxylic acids is 1. The molecule has 0 bridgehead atoms. The van der Waals surface area contributed by atoms with Crippen LogP contribution in [-0.2, 0) is 0 Å². The van der Waals surface area contributed by atoms with Crippen molar-refractivity contribution in [2.45, 2.75) is 6.92 Å². The summed E-state index contributed by atoms with van der Waals surface area (Å²) in [4.78, 5) is 25.4. The maximum atomic E-state index is 12.1. The van der Waals surface area contributed by atoms with Crippen molar-refractivity contribution < 1.29 is 14.7 Å². The number of aromatic carboxylic acids is 1. The Kier molecular flexibility index (Phi) is 3.21. The lowest BCUT2D eigenvalue weighted by molar-refractivity contribution is 0.0691. The first kappa shape index (κ1) is 12.4. The number of hydrogen-bond donors (Lipinski definition) is 2. The fourth-order valence-electron chi connectivity index (χ4n) is 1.68. The summed E-state index contributed by atoms with van der Waals surface area (Å²) in [5, 5.41) is 9.25. The van der Waals surface area contributed by atoms with Gasteiger partial charge >= 0.3 is 5.97 Å². The van der Waals surface area contributed by atoms with Crippen molar-refractivity contribution in [1.29, 1.82) is 0 Å². The molecule has 0 spiro atoms. The molecular weight excluding hydrogens is 254 g/mol. The van der Waals surface area contributed by atoms with E-state index in [0.717, 1.165) is 5.56 Å². The molecule has 0 aliphatic carbocycles. The summed E-state index contributed by atoms with van der Waals surface area (Å²) in [5.74, 6) is -1.36. The number of benzene rings is 1. The number of ketones is 1. The molecular formula is C13H10ClNO3. The lowest BCUT2D eigenvalue weighted by Gasteiger charge is -2.01. The predicted molar refractivity (Wildman–Crippen MR) is 67.4 cm³/mol. The summed E-state index contributed by atoms with van der Waals surface area (Å²) in [6.45, 7) is 1.84. The van der Waals surface area contributed by atoms with E-state index in [0.29, 0.717) is 16.1 Å². The van der Waals surface area contributed by atoms with Gasteiger partial charge in [-0.3, -0.25) is 4.79 Å². The first-order chi connectivity index (χ1) is 8.47. The zero-order chi connectivity index (χ0) is 13.3. The highest BCUT2D eigenvalue weighted by Gasteiger charge is 2.14. The second kappa shape index (κ2) is 4.66. The standard InChI is InChI=1S/C13H10ClNO3/c1-7-2-8(4-10(14)3-7)12(16)9-5-11(13(17)18)15-6-9/h2-6,15H,1H3,(H,17,18). The Morgan fingerprint density at radius 2 is 1.89 bits per heavy atom. The second-order valence-electron chi connectivity index (χ2n) is 3.95. The molecule has 2 N–H and O–H groups in total. The topological polar surface area (TPSA) is 70.2 Å². The number of nitrogens with one attached hydrogen (secondary N) is 1. The molecule has 0 saturated carbocycles. The fourth-order valence-corrected chi connectivity index (χ4v) is 1.97. The van der Waals surface area contributed by atoms with E-state index < -0.39 is 5.97 Å². The SMILES string of the molecule is Cc1cc(Cl)cc(C(=O)c2c[nH]c(C(=O)O)c2)c1. The van der Waals surface area contributed by atoms with Gasteiger partial charge in [0.05, 0.1) is 0 Å². The summed E-state index contributed by atoms with van der Waals surface area (Å²) < 4.78 is 0. The van der Waals surface area contributed by atoms with Crippen LogP contribution in [-0.4, -0.2) is 21.8 Å². The van der Waals surface area contributed by atoms with Gasteiger partial charge in [0.15, 0.2) is 5.78 Å². The van der Waals surface area contributed by atoms with Crippen molar-refractivity contribution in [1.82, 2.24) is 4.98 Å². The average Bonchev–Trinajstić information content (AvgIpc) is 2.75. The molecule has 0 unspecified atom stereocenters. The van der Waals surface area contributed by atoms with Crippen molar-refractivity contribution >= 4 is 23.4 Å². The van der Waals surface area contributed by atoms with Crippen LogP contribution in [0.4, 0.5) is 0 Å². The van der Waals surface area contributed by atoms with Crippen LogP contribution in [0.25, 0.3) is 0 Å². The van der Waals surface area contributed by atoms with Gasteiger partial charge in [-0.25, -0.2) is 4.79 Å². The van der Waals surface area contributed by atoms with Crippen molar-refractivity contribution in [3.8, 4) is 0 Å². The predicted octanol–water partition coefficient (Wildman–Crippen LogP) is 2.91. The van der Waals surface area contributed by atoms with E-state index >= 15 is 0 Å². The summed E-state index contributed by atoms with van der Waals surface area (Å²) in [6, 6.07) is 6.32. The van der Waals surface area contributed by atoms with Crippen molar-refractivity contribution in [2.24, 2.45) is 0 Å². The van der Waals surface area contributed by atoms with Crippen LogP contribution in [0.3, 0.4) is 0 Å². The molecule has 4 nitrogen and oxygen atoms in total. The van der Waals surface area contributed by atoms with E-state index in [9.17, 15) is 9.59 Å². The zero-order valence-electron chi connectivity index (χ0n) is 9.53. The van der Waals surface area contributed by atoms with Gasteiger partial charge in [-0.2, -0.15) is 0 Å². The number of carbonyl (C=O) groups is 2. The highest BCUT2D eigenvalue weighted by atomic mass is 35.5. The molecule has 2 rings (SSSR count). The molecule has 5 heteroatoms. The molecule has 2 aromatic rings. The Balaban J connectivity index is 2.38. The Hall–Kier alpha value is -2.07. The van der Waals surface area contributed by atoms with Gasteiger partial charge in [0.1, 0.15) is 5.69 Å². The van der Waals surface area contributed by atoms with Gasteiger partial charge in [0.2, 0.25) is 0 Å². The summed E-state index contributed by atoms with van der Waals surface area (Å²) in [5.41, 5.74) is 1.60. The molecule has 0 amide bonds. The number of H-pyrrole nitrogens is 1. The number of carboxylic acids is 1. The molecule has 1 aromatic heterocycles. The lowest BCUT2D eigenvalue weighted by Crippen LogP contribution is -2.00. The molecule has 0 aliphatic heterocycles. The summed E-state index contributed by atoms with van der Waals surface area (Å²) >= 11 is 5.88. The quantitative estimate of drug-likeness (QED) is 0.837. The Labute approximate surface area is 108 Å². The lowest BCUT2D eigenvalue weighted by atomic mass is 10.0. The third-order valence-corrected chi connectivity index (χ3v) is 2.70. The average molecular weight is 264 g/mol. The van der Waals surface area contributed by atoms with E-state index in [4.69, 9.17) is 16.7 Å². The molecule has 92 valence electrons. The van der Waals surface area contributed by atoms with Crippen LogP contribution < -0.4 is 0 Å². The largest absolute Gasteiger partial charge is 0.477 e. The van der Waals surface area contributed by atoms with E-state index in [1.807, 2.05) is 6.92 Å². The third kappa shape index (κ3) is 2.43. The molecule has 1 heterocycles. The zero-order valence-corrected chi connectivity index (χ0v) is 10.3. The number of rotatable bonds is 3. The van der Waals surface area contributed by atoms with Gasteiger partial charge in [0.25, 0.3) is 0 Å². The van der Waals surface area contributed by atoms with Crippen LogP contribution >= 0.6 is 11.6 Å². The van der Waals surface area contributed by atoms with E-state index in [1.165, 1.54) is 12.3 Å². The smallest absolute Gasteiger partial charge is 0.352 e. The van der Waals surface area contributed by atoms with E-state index in [1.54, 1.807) is 18.2 Å². The van der Waals surface area contributed by atoms with Crippen molar-refractivity contribution in [2.75, 3.05) is 0 Å². The van der Waals surface area contributed by atoms with Gasteiger partial charge in [-0.05, 0) is 36.8 Å². The minimum atomic E-state index is -1.10. The Bertz CT molecular complexity index is 611. The maximum absolute atomic E-state index is 12.1. The number of hydrogen-bond acceptors (Lipinski definition) is 2. The number of carboxylic acid groups (broad SMARTS) is 1. The first-order valence-electron chi connectivity index (χ1n) is 5.21.